The molecule has 0 radical (unpaired) electrons. The van der Waals surface area contributed by atoms with Crippen molar-refractivity contribution in [2.24, 2.45) is 0 Å². The number of nitrogens with one attached hydrogen (secondary N) is 4. The van der Waals surface area contributed by atoms with Crippen LogP contribution in [-0.2, 0) is 4.79 Å². The lowest BCUT2D eigenvalue weighted by molar-refractivity contribution is -0.116. The van der Waals surface area contributed by atoms with Crippen LogP contribution in [0.5, 0.6) is 5.75 Å². The van der Waals surface area contributed by atoms with Crippen molar-refractivity contribution in [3.05, 3.63) is 52.9 Å². The van der Waals surface area contributed by atoms with Gasteiger partial charge in [0.2, 0.25) is 5.91 Å². The van der Waals surface area contributed by atoms with Gasteiger partial charge in [0.05, 0.1) is 16.7 Å². The predicted octanol–water partition coefficient (Wildman–Crippen LogP) is 2.90. The Morgan fingerprint density at radius 2 is 1.85 bits per heavy atom. The summed E-state index contributed by atoms with van der Waals surface area (Å²) in [5.74, 6) is -0.549. The maximum atomic E-state index is 12.4. The zero-order chi connectivity index (χ0) is 18.7. The molecule has 136 valence electrons. The summed E-state index contributed by atoms with van der Waals surface area (Å²) in [6.45, 7) is -1.37. The molecule has 7 nitrogen and oxygen atoms in total. The van der Waals surface area contributed by atoms with E-state index in [1.807, 2.05) is 0 Å². The van der Waals surface area contributed by atoms with Crippen molar-refractivity contribution in [2.45, 2.75) is 19.6 Å². The number of benzene rings is 2. The van der Waals surface area contributed by atoms with E-state index in [9.17, 15) is 18.4 Å². The van der Waals surface area contributed by atoms with E-state index in [0.717, 1.165) is 0 Å². The van der Waals surface area contributed by atoms with E-state index in [2.05, 4.69) is 25.3 Å². The predicted molar refractivity (Wildman–Crippen MR) is 93.7 cm³/mol. The molecule has 0 fully saturated rings. The second-order valence-corrected chi connectivity index (χ2v) is 5.57. The molecule has 9 heteroatoms. The molecular weight excluding hydrogens is 346 g/mol. The second-order valence-electron chi connectivity index (χ2n) is 5.57. The highest BCUT2D eigenvalue weighted by molar-refractivity contribution is 5.97. The van der Waals surface area contributed by atoms with Gasteiger partial charge in [-0.05, 0) is 37.3 Å². The number of aromatic nitrogens is 2. The Bertz CT molecular complexity index is 983. The Labute approximate surface area is 146 Å². The van der Waals surface area contributed by atoms with Gasteiger partial charge < -0.3 is 25.3 Å². The number of H-pyrrole nitrogens is 2. The number of carbonyl (C=O) groups excluding carboxylic acids is 1. The molecule has 0 saturated carbocycles. The van der Waals surface area contributed by atoms with E-state index < -0.39 is 18.6 Å². The first-order chi connectivity index (χ1) is 12.4. The number of anilines is 2. The molecule has 1 aromatic heterocycles. The highest BCUT2D eigenvalue weighted by Crippen LogP contribution is 2.25. The number of imidazole rings is 1. The summed E-state index contributed by atoms with van der Waals surface area (Å²) in [4.78, 5) is 28.9. The fraction of sp³-hybridized carbons (Fsp3) is 0.176. The molecule has 3 rings (SSSR count). The van der Waals surface area contributed by atoms with Gasteiger partial charge in [0.15, 0.2) is 0 Å². The van der Waals surface area contributed by atoms with Crippen molar-refractivity contribution in [3.8, 4) is 5.75 Å². The van der Waals surface area contributed by atoms with Crippen molar-refractivity contribution < 1.29 is 18.3 Å². The lowest BCUT2D eigenvalue weighted by atomic mass is 10.2. The molecule has 0 unspecified atom stereocenters. The maximum absolute atomic E-state index is 12.4. The Balaban J connectivity index is 1.70. The molecule has 1 heterocycles. The van der Waals surface area contributed by atoms with Gasteiger partial charge in [-0.2, -0.15) is 8.78 Å². The molecule has 0 aliphatic heterocycles. The van der Waals surface area contributed by atoms with Crippen LogP contribution in [0, 0.1) is 0 Å². The molecule has 4 N–H and O–H groups in total. The topological polar surface area (TPSA) is 99.0 Å². The number of ether oxygens (including phenoxy) is 1. The molecule has 0 aliphatic rings. The molecule has 1 amide bonds. The van der Waals surface area contributed by atoms with Gasteiger partial charge in [-0.15, -0.1) is 0 Å². The van der Waals surface area contributed by atoms with E-state index in [4.69, 9.17) is 0 Å². The van der Waals surface area contributed by atoms with E-state index in [0.29, 0.717) is 16.7 Å². The van der Waals surface area contributed by atoms with Crippen LogP contribution >= 0.6 is 0 Å². The molecule has 0 spiro atoms. The van der Waals surface area contributed by atoms with Crippen molar-refractivity contribution in [1.82, 2.24) is 9.97 Å². The number of halogens is 2. The minimum atomic E-state index is -2.99. The second kappa shape index (κ2) is 7.26. The van der Waals surface area contributed by atoms with E-state index >= 15 is 0 Å². The van der Waals surface area contributed by atoms with Gasteiger partial charge in [-0.3, -0.25) is 4.79 Å². The summed E-state index contributed by atoms with van der Waals surface area (Å²) in [5.41, 5.74) is 1.70. The molecular formula is C17H16F2N4O3. The summed E-state index contributed by atoms with van der Waals surface area (Å²) in [5, 5.41) is 5.54. The Morgan fingerprint density at radius 1 is 1.12 bits per heavy atom. The number of amides is 1. The summed E-state index contributed by atoms with van der Waals surface area (Å²) in [6.07, 6.45) is 0. The minimum absolute atomic E-state index is 0.116. The lowest BCUT2D eigenvalue weighted by Gasteiger charge is -2.17. The van der Waals surface area contributed by atoms with Crippen LogP contribution in [0.15, 0.2) is 47.3 Å². The minimum Gasteiger partial charge on any atom is -0.433 e. The summed E-state index contributed by atoms with van der Waals surface area (Å²) >= 11 is 0. The van der Waals surface area contributed by atoms with Crippen LogP contribution in [0.4, 0.5) is 20.2 Å². The average Bonchev–Trinajstić information content (AvgIpc) is 2.95. The molecule has 26 heavy (non-hydrogen) atoms. The fourth-order valence-corrected chi connectivity index (χ4v) is 2.45. The van der Waals surface area contributed by atoms with Crippen molar-refractivity contribution in [2.75, 3.05) is 10.6 Å². The van der Waals surface area contributed by atoms with Crippen LogP contribution in [0.2, 0.25) is 0 Å². The van der Waals surface area contributed by atoms with Crippen LogP contribution in [0.1, 0.15) is 6.92 Å². The third-order valence-corrected chi connectivity index (χ3v) is 3.65. The van der Waals surface area contributed by atoms with Crippen LogP contribution in [0.25, 0.3) is 11.0 Å². The number of fused-ring (bicyclic) bond motifs is 1. The van der Waals surface area contributed by atoms with Gasteiger partial charge in [-0.25, -0.2) is 4.79 Å². The first kappa shape index (κ1) is 17.5. The summed E-state index contributed by atoms with van der Waals surface area (Å²) in [7, 11) is 0. The quantitative estimate of drug-likeness (QED) is 0.542. The third-order valence-electron chi connectivity index (χ3n) is 3.65. The normalized spacial score (nSPS) is 12.2. The zero-order valence-corrected chi connectivity index (χ0v) is 13.7. The summed E-state index contributed by atoms with van der Waals surface area (Å²) < 4.78 is 29.3. The van der Waals surface area contributed by atoms with Gasteiger partial charge in [0.1, 0.15) is 11.8 Å². The smallest absolute Gasteiger partial charge is 0.387 e. The Morgan fingerprint density at radius 3 is 2.62 bits per heavy atom. The number of carbonyl (C=O) groups is 1. The monoisotopic (exact) mass is 362 g/mol. The van der Waals surface area contributed by atoms with E-state index in [1.54, 1.807) is 31.2 Å². The highest BCUT2D eigenvalue weighted by Gasteiger charge is 2.16. The molecule has 0 bridgehead atoms. The fourth-order valence-electron chi connectivity index (χ4n) is 2.45. The van der Waals surface area contributed by atoms with Gasteiger partial charge in [0, 0.05) is 5.69 Å². The van der Waals surface area contributed by atoms with Crippen LogP contribution in [0.3, 0.4) is 0 Å². The lowest BCUT2D eigenvalue weighted by Crippen LogP contribution is -2.32. The largest absolute Gasteiger partial charge is 0.433 e. The highest BCUT2D eigenvalue weighted by atomic mass is 19.3. The van der Waals surface area contributed by atoms with Gasteiger partial charge in [0.25, 0.3) is 0 Å². The van der Waals surface area contributed by atoms with Crippen LogP contribution in [-0.4, -0.2) is 28.5 Å². The maximum Gasteiger partial charge on any atom is 0.387 e. The molecule has 0 aliphatic carbocycles. The number of para-hydroxylation sites is 2. The number of aromatic amines is 2. The van der Waals surface area contributed by atoms with Crippen molar-refractivity contribution in [3.63, 3.8) is 0 Å². The van der Waals surface area contributed by atoms with Crippen LogP contribution < -0.4 is 21.1 Å². The van der Waals surface area contributed by atoms with Gasteiger partial charge in [-0.1, -0.05) is 12.1 Å². The first-order valence-electron chi connectivity index (χ1n) is 7.75. The number of hydrogen-bond acceptors (Lipinski definition) is 4. The standard InChI is InChI=1S/C17H16F2N4O3/c1-9(20-10-6-7-11-13(8-10)23-17(25)22-11)15(24)21-12-4-2-3-5-14(12)26-16(18)19/h2-9,16,20H,1H3,(H,21,24)(H2,22,23,25)/t9-/m1/s1. The molecule has 2 aromatic carbocycles. The van der Waals surface area contributed by atoms with Crippen molar-refractivity contribution in [1.29, 1.82) is 0 Å². The number of hydrogen-bond donors (Lipinski definition) is 4. The van der Waals surface area contributed by atoms with Crippen molar-refractivity contribution >= 4 is 28.3 Å². The number of rotatable bonds is 6. The third kappa shape index (κ3) is 4.00. The molecule has 0 saturated heterocycles. The SMILES string of the molecule is C[C@@H](Nc1ccc2[nH]c(=O)[nH]c2c1)C(=O)Nc1ccccc1OC(F)F. The van der Waals surface area contributed by atoms with E-state index in [-0.39, 0.29) is 17.1 Å². The summed E-state index contributed by atoms with van der Waals surface area (Å²) in [6, 6.07) is 10.4. The average molecular weight is 362 g/mol. The molecule has 1 atom stereocenters. The molecule has 3 aromatic rings. The number of alkyl halides is 2. The van der Waals surface area contributed by atoms with E-state index in [1.165, 1.54) is 18.2 Å². The Kier molecular flexibility index (Phi) is 4.87. The Hall–Kier alpha value is -3.36. The zero-order valence-electron chi connectivity index (χ0n) is 13.7. The first-order valence-corrected chi connectivity index (χ1v) is 7.75. The van der Waals surface area contributed by atoms with Gasteiger partial charge >= 0.3 is 12.3 Å².